The van der Waals surface area contributed by atoms with Crippen molar-refractivity contribution in [1.29, 1.82) is 0 Å². The van der Waals surface area contributed by atoms with Gasteiger partial charge < -0.3 is 10.6 Å². The Morgan fingerprint density at radius 1 is 1.29 bits per heavy atom. The number of amides is 1. The number of hydrogen-bond acceptors (Lipinski definition) is 2. The molecule has 1 aliphatic rings. The van der Waals surface area contributed by atoms with Gasteiger partial charge in [0.15, 0.2) is 0 Å². The number of nitrogens with one attached hydrogen (secondary N) is 2. The largest absolute Gasteiger partial charge is 0.326 e. The maximum absolute atomic E-state index is 12.6. The standard InChI is InChI=1S/C18H28N2O/c1-3-5-7-15-8-10-16(11-9-15)20-17(21)18(4-2)12-6-13-19-14-18/h8-11,19H,3-7,12-14H2,1-2H3,(H,20,21). The van der Waals surface area contributed by atoms with E-state index >= 15 is 0 Å². The van der Waals surface area contributed by atoms with E-state index in [0.29, 0.717) is 0 Å². The third-order valence-corrected chi connectivity index (χ3v) is 4.66. The Labute approximate surface area is 128 Å². The molecule has 0 saturated carbocycles. The lowest BCUT2D eigenvalue weighted by Gasteiger charge is -2.35. The molecule has 2 rings (SSSR count). The van der Waals surface area contributed by atoms with Crippen LogP contribution in [-0.2, 0) is 11.2 Å². The van der Waals surface area contributed by atoms with Crippen LogP contribution in [0.1, 0.15) is 51.5 Å². The molecule has 3 nitrogen and oxygen atoms in total. The van der Waals surface area contributed by atoms with Crippen molar-refractivity contribution in [2.45, 2.75) is 52.4 Å². The number of piperidine rings is 1. The number of hydrogen-bond donors (Lipinski definition) is 2. The number of carbonyl (C=O) groups is 1. The highest BCUT2D eigenvalue weighted by Crippen LogP contribution is 2.31. The summed E-state index contributed by atoms with van der Waals surface area (Å²) in [5.41, 5.74) is 2.03. The zero-order valence-corrected chi connectivity index (χ0v) is 13.4. The van der Waals surface area contributed by atoms with Gasteiger partial charge in [-0.15, -0.1) is 0 Å². The van der Waals surface area contributed by atoms with Crippen LogP contribution in [0.3, 0.4) is 0 Å². The molecule has 116 valence electrons. The maximum atomic E-state index is 12.6. The van der Waals surface area contributed by atoms with Gasteiger partial charge in [-0.2, -0.15) is 0 Å². The van der Waals surface area contributed by atoms with Gasteiger partial charge in [-0.25, -0.2) is 0 Å². The van der Waals surface area contributed by atoms with Crippen LogP contribution in [0.25, 0.3) is 0 Å². The van der Waals surface area contributed by atoms with Crippen molar-refractivity contribution in [2.75, 3.05) is 18.4 Å². The Morgan fingerprint density at radius 2 is 2.05 bits per heavy atom. The lowest BCUT2D eigenvalue weighted by molar-refractivity contribution is -0.126. The first-order valence-corrected chi connectivity index (χ1v) is 8.31. The zero-order valence-electron chi connectivity index (χ0n) is 13.4. The van der Waals surface area contributed by atoms with Crippen LogP contribution in [0.5, 0.6) is 0 Å². The van der Waals surface area contributed by atoms with Gasteiger partial charge in [-0.3, -0.25) is 4.79 Å². The van der Waals surface area contributed by atoms with Crippen LogP contribution in [0.2, 0.25) is 0 Å². The molecule has 1 amide bonds. The van der Waals surface area contributed by atoms with E-state index in [0.717, 1.165) is 44.5 Å². The number of carbonyl (C=O) groups excluding carboxylic acids is 1. The van der Waals surface area contributed by atoms with E-state index in [4.69, 9.17) is 0 Å². The minimum atomic E-state index is -0.237. The quantitative estimate of drug-likeness (QED) is 0.837. The number of anilines is 1. The highest BCUT2D eigenvalue weighted by Gasteiger charge is 2.37. The molecule has 1 aromatic rings. The molecule has 0 bridgehead atoms. The first kappa shape index (κ1) is 16.0. The fourth-order valence-electron chi connectivity index (χ4n) is 3.02. The van der Waals surface area contributed by atoms with Crippen LogP contribution < -0.4 is 10.6 Å². The molecule has 1 heterocycles. The second kappa shape index (κ2) is 7.60. The summed E-state index contributed by atoms with van der Waals surface area (Å²) in [5, 5.41) is 6.47. The second-order valence-electron chi connectivity index (χ2n) is 6.17. The van der Waals surface area contributed by atoms with E-state index in [1.165, 1.54) is 18.4 Å². The van der Waals surface area contributed by atoms with Gasteiger partial charge >= 0.3 is 0 Å². The third kappa shape index (κ3) is 4.07. The number of unbranched alkanes of at least 4 members (excludes halogenated alkanes) is 1. The minimum Gasteiger partial charge on any atom is -0.326 e. The molecule has 1 saturated heterocycles. The van der Waals surface area contributed by atoms with Gasteiger partial charge in [0.05, 0.1) is 5.41 Å². The van der Waals surface area contributed by atoms with E-state index in [9.17, 15) is 4.79 Å². The highest BCUT2D eigenvalue weighted by atomic mass is 16.2. The van der Waals surface area contributed by atoms with Crippen molar-refractivity contribution >= 4 is 11.6 Å². The molecule has 1 fully saturated rings. The lowest BCUT2D eigenvalue weighted by Crippen LogP contribution is -2.47. The van der Waals surface area contributed by atoms with Gasteiger partial charge in [-0.05, 0) is 56.3 Å². The van der Waals surface area contributed by atoms with Crippen molar-refractivity contribution < 1.29 is 4.79 Å². The highest BCUT2D eigenvalue weighted by molar-refractivity contribution is 5.95. The third-order valence-electron chi connectivity index (χ3n) is 4.66. The zero-order chi connectivity index (χ0) is 15.1. The molecule has 0 radical (unpaired) electrons. The maximum Gasteiger partial charge on any atom is 0.231 e. The molecule has 0 spiro atoms. The van der Waals surface area contributed by atoms with Gasteiger partial charge in [0.1, 0.15) is 0 Å². The lowest BCUT2D eigenvalue weighted by atomic mass is 9.77. The summed E-state index contributed by atoms with van der Waals surface area (Å²) in [4.78, 5) is 12.6. The topological polar surface area (TPSA) is 41.1 Å². The molecule has 21 heavy (non-hydrogen) atoms. The summed E-state index contributed by atoms with van der Waals surface area (Å²) in [5.74, 6) is 0.165. The van der Waals surface area contributed by atoms with E-state index in [1.807, 2.05) is 12.1 Å². The predicted octanol–water partition coefficient (Wildman–Crippen LogP) is 3.75. The molecule has 0 aromatic heterocycles. The first-order valence-electron chi connectivity index (χ1n) is 8.31. The van der Waals surface area contributed by atoms with E-state index in [-0.39, 0.29) is 11.3 Å². The monoisotopic (exact) mass is 288 g/mol. The average molecular weight is 288 g/mol. The Bertz CT molecular complexity index is 447. The smallest absolute Gasteiger partial charge is 0.231 e. The molecule has 1 aliphatic heterocycles. The fourth-order valence-corrected chi connectivity index (χ4v) is 3.02. The molecule has 3 heteroatoms. The van der Waals surface area contributed by atoms with Crippen LogP contribution in [0, 0.1) is 5.41 Å². The van der Waals surface area contributed by atoms with Crippen molar-refractivity contribution in [1.82, 2.24) is 5.32 Å². The number of aryl methyl sites for hydroxylation is 1. The fraction of sp³-hybridized carbons (Fsp3) is 0.611. The summed E-state index contributed by atoms with van der Waals surface area (Å²) in [7, 11) is 0. The summed E-state index contributed by atoms with van der Waals surface area (Å²) >= 11 is 0. The van der Waals surface area contributed by atoms with Crippen LogP contribution in [-0.4, -0.2) is 19.0 Å². The van der Waals surface area contributed by atoms with Gasteiger partial charge in [-0.1, -0.05) is 32.4 Å². The Morgan fingerprint density at radius 3 is 2.62 bits per heavy atom. The SMILES string of the molecule is CCCCc1ccc(NC(=O)C2(CC)CCCNC2)cc1. The molecule has 0 aliphatic carbocycles. The van der Waals surface area contributed by atoms with E-state index in [1.54, 1.807) is 0 Å². The van der Waals surface area contributed by atoms with Crippen LogP contribution in [0.15, 0.2) is 24.3 Å². The normalized spacial score (nSPS) is 22.0. The van der Waals surface area contributed by atoms with Crippen molar-refractivity contribution in [2.24, 2.45) is 5.41 Å². The Hall–Kier alpha value is -1.35. The van der Waals surface area contributed by atoms with Crippen molar-refractivity contribution in [3.05, 3.63) is 29.8 Å². The summed E-state index contributed by atoms with van der Waals surface area (Å²) in [6.07, 6.45) is 6.50. The average Bonchev–Trinajstić information content (AvgIpc) is 2.54. The Kier molecular flexibility index (Phi) is 5.80. The molecular weight excluding hydrogens is 260 g/mol. The molecule has 1 atom stereocenters. The Balaban J connectivity index is 1.98. The summed E-state index contributed by atoms with van der Waals surface area (Å²) < 4.78 is 0. The van der Waals surface area contributed by atoms with Gasteiger partial charge in [0.25, 0.3) is 0 Å². The number of benzene rings is 1. The second-order valence-corrected chi connectivity index (χ2v) is 6.17. The predicted molar refractivity (Wildman–Crippen MR) is 88.5 cm³/mol. The van der Waals surface area contributed by atoms with Crippen LogP contribution >= 0.6 is 0 Å². The number of rotatable bonds is 6. The van der Waals surface area contributed by atoms with Crippen LogP contribution in [0.4, 0.5) is 5.69 Å². The molecular formula is C18H28N2O. The molecule has 1 unspecified atom stereocenters. The first-order chi connectivity index (χ1) is 10.2. The molecule has 2 N–H and O–H groups in total. The summed E-state index contributed by atoms with van der Waals surface area (Å²) in [6.45, 7) is 6.14. The van der Waals surface area contributed by atoms with E-state index < -0.39 is 0 Å². The van der Waals surface area contributed by atoms with Gasteiger partial charge in [0, 0.05) is 12.2 Å². The van der Waals surface area contributed by atoms with Gasteiger partial charge in [0.2, 0.25) is 5.91 Å². The van der Waals surface area contributed by atoms with E-state index in [2.05, 4.69) is 36.6 Å². The van der Waals surface area contributed by atoms with Crippen molar-refractivity contribution in [3.8, 4) is 0 Å². The minimum absolute atomic E-state index is 0.165. The van der Waals surface area contributed by atoms with Crippen molar-refractivity contribution in [3.63, 3.8) is 0 Å². The summed E-state index contributed by atoms with van der Waals surface area (Å²) in [6, 6.07) is 8.32. The molecule has 1 aromatic carbocycles.